The largest absolute Gasteiger partial charge is 0.508 e. The fourth-order valence-corrected chi connectivity index (χ4v) is 4.06. The van der Waals surface area contributed by atoms with Gasteiger partial charge >= 0.3 is 0 Å². The van der Waals surface area contributed by atoms with Gasteiger partial charge in [-0.3, -0.25) is 4.79 Å². The number of amides is 1. The average molecular weight is 316 g/mol. The number of carbonyl (C=O) groups excluding carboxylic acids is 1. The Kier molecular flexibility index (Phi) is 4.16. The molecule has 0 radical (unpaired) electrons. The van der Waals surface area contributed by atoms with Crippen molar-refractivity contribution in [1.29, 1.82) is 0 Å². The SMILES string of the molecule is CCCc1nc(C)c(C(=O)NC2CCc3c(O)cccc32)s1. The number of thiazole rings is 1. The zero-order valence-electron chi connectivity index (χ0n) is 12.8. The Hall–Kier alpha value is -1.88. The van der Waals surface area contributed by atoms with Crippen molar-refractivity contribution in [2.75, 3.05) is 0 Å². The van der Waals surface area contributed by atoms with Crippen LogP contribution in [0.4, 0.5) is 0 Å². The number of phenolic OH excluding ortho intramolecular Hbond substituents is 1. The lowest BCUT2D eigenvalue weighted by Crippen LogP contribution is -2.26. The number of rotatable bonds is 4. The molecule has 1 amide bonds. The van der Waals surface area contributed by atoms with Crippen molar-refractivity contribution in [3.05, 3.63) is 44.9 Å². The first kappa shape index (κ1) is 15.0. The van der Waals surface area contributed by atoms with Crippen LogP contribution in [0.2, 0.25) is 0 Å². The molecule has 2 aromatic rings. The maximum atomic E-state index is 12.5. The Morgan fingerprint density at radius 1 is 1.50 bits per heavy atom. The van der Waals surface area contributed by atoms with Gasteiger partial charge in [0.25, 0.3) is 5.91 Å². The molecule has 4 nitrogen and oxygen atoms in total. The molecule has 1 aromatic heterocycles. The predicted octanol–water partition coefficient (Wildman–Crippen LogP) is 3.53. The molecule has 1 aromatic carbocycles. The summed E-state index contributed by atoms with van der Waals surface area (Å²) in [6, 6.07) is 5.49. The molecule has 1 aliphatic rings. The van der Waals surface area contributed by atoms with Gasteiger partial charge in [-0.1, -0.05) is 19.1 Å². The van der Waals surface area contributed by atoms with Crippen molar-refractivity contribution in [3.63, 3.8) is 0 Å². The van der Waals surface area contributed by atoms with E-state index in [0.717, 1.165) is 47.5 Å². The summed E-state index contributed by atoms with van der Waals surface area (Å²) in [4.78, 5) is 17.7. The van der Waals surface area contributed by atoms with Crippen molar-refractivity contribution in [2.24, 2.45) is 0 Å². The number of nitrogens with zero attached hydrogens (tertiary/aromatic N) is 1. The van der Waals surface area contributed by atoms with Crippen LogP contribution >= 0.6 is 11.3 Å². The van der Waals surface area contributed by atoms with Gasteiger partial charge in [0.15, 0.2) is 0 Å². The second kappa shape index (κ2) is 6.08. The van der Waals surface area contributed by atoms with E-state index in [2.05, 4.69) is 17.2 Å². The molecule has 0 fully saturated rings. The minimum absolute atomic E-state index is 0.0225. The minimum Gasteiger partial charge on any atom is -0.508 e. The molecule has 1 heterocycles. The standard InChI is InChI=1S/C17H20N2O2S/c1-3-5-15-18-10(2)16(22-15)17(21)19-13-9-8-12-11(13)6-4-7-14(12)20/h4,6-7,13,20H,3,5,8-9H2,1-2H3,(H,19,21). The van der Waals surface area contributed by atoms with Crippen LogP contribution in [0.5, 0.6) is 5.75 Å². The van der Waals surface area contributed by atoms with Crippen LogP contribution in [0.25, 0.3) is 0 Å². The first-order valence-corrected chi connectivity index (χ1v) is 8.49. The number of hydrogen-bond acceptors (Lipinski definition) is 4. The Morgan fingerprint density at radius 3 is 3.09 bits per heavy atom. The van der Waals surface area contributed by atoms with Gasteiger partial charge in [-0.25, -0.2) is 4.98 Å². The van der Waals surface area contributed by atoms with Crippen LogP contribution in [0.15, 0.2) is 18.2 Å². The third-order valence-electron chi connectivity index (χ3n) is 4.06. The number of nitrogens with one attached hydrogen (secondary N) is 1. The van der Waals surface area contributed by atoms with Gasteiger partial charge in [0.2, 0.25) is 0 Å². The number of hydrogen-bond donors (Lipinski definition) is 2. The van der Waals surface area contributed by atoms with Crippen molar-refractivity contribution >= 4 is 17.2 Å². The maximum Gasteiger partial charge on any atom is 0.263 e. The average Bonchev–Trinajstić information content (AvgIpc) is 3.05. The molecule has 1 unspecified atom stereocenters. The van der Waals surface area contributed by atoms with Crippen molar-refractivity contribution in [3.8, 4) is 5.75 Å². The van der Waals surface area contributed by atoms with E-state index in [1.165, 1.54) is 11.3 Å². The smallest absolute Gasteiger partial charge is 0.263 e. The van der Waals surface area contributed by atoms with Crippen LogP contribution in [-0.4, -0.2) is 16.0 Å². The van der Waals surface area contributed by atoms with Crippen LogP contribution < -0.4 is 5.32 Å². The van der Waals surface area contributed by atoms with Crippen LogP contribution in [0.1, 0.15) is 57.3 Å². The fraction of sp³-hybridized carbons (Fsp3) is 0.412. The number of phenols is 1. The van der Waals surface area contributed by atoms with Gasteiger partial charge < -0.3 is 10.4 Å². The lowest BCUT2D eigenvalue weighted by atomic mass is 10.1. The summed E-state index contributed by atoms with van der Waals surface area (Å²) in [6.45, 7) is 4.00. The van der Waals surface area contributed by atoms with E-state index < -0.39 is 0 Å². The predicted molar refractivity (Wildman–Crippen MR) is 87.5 cm³/mol. The number of aromatic nitrogens is 1. The van der Waals surface area contributed by atoms with E-state index in [-0.39, 0.29) is 11.9 Å². The molecule has 3 rings (SSSR count). The van der Waals surface area contributed by atoms with Crippen molar-refractivity contribution in [1.82, 2.24) is 10.3 Å². The third-order valence-corrected chi connectivity index (χ3v) is 5.28. The number of fused-ring (bicyclic) bond motifs is 1. The molecular formula is C17H20N2O2S. The van der Waals surface area contributed by atoms with E-state index in [9.17, 15) is 9.90 Å². The zero-order chi connectivity index (χ0) is 15.7. The summed E-state index contributed by atoms with van der Waals surface area (Å²) in [5.74, 6) is 0.270. The molecule has 0 bridgehead atoms. The molecule has 1 aliphatic carbocycles. The Morgan fingerprint density at radius 2 is 2.32 bits per heavy atom. The molecule has 5 heteroatoms. The summed E-state index contributed by atoms with van der Waals surface area (Å²) >= 11 is 1.49. The van der Waals surface area contributed by atoms with Crippen molar-refractivity contribution in [2.45, 2.75) is 45.6 Å². The first-order valence-electron chi connectivity index (χ1n) is 7.68. The number of aromatic hydroxyl groups is 1. The van der Waals surface area contributed by atoms with Gasteiger partial charge in [-0.05, 0) is 49.8 Å². The Bertz CT molecular complexity index is 709. The number of aryl methyl sites for hydroxylation is 2. The molecule has 0 spiro atoms. The molecule has 22 heavy (non-hydrogen) atoms. The minimum atomic E-state index is -0.0569. The molecule has 0 aliphatic heterocycles. The van der Waals surface area contributed by atoms with E-state index >= 15 is 0 Å². The van der Waals surface area contributed by atoms with E-state index in [0.29, 0.717) is 10.6 Å². The number of benzene rings is 1. The third kappa shape index (κ3) is 2.73. The summed E-state index contributed by atoms with van der Waals surface area (Å²) in [5.41, 5.74) is 2.80. The van der Waals surface area contributed by atoms with Gasteiger partial charge in [-0.15, -0.1) is 11.3 Å². The topological polar surface area (TPSA) is 62.2 Å². The Labute approximate surface area is 134 Å². The highest BCUT2D eigenvalue weighted by Gasteiger charge is 2.27. The molecule has 0 saturated heterocycles. The number of carbonyl (C=O) groups is 1. The molecule has 116 valence electrons. The molecule has 0 saturated carbocycles. The summed E-state index contributed by atoms with van der Waals surface area (Å²) in [6.07, 6.45) is 3.58. The molecule has 2 N–H and O–H groups in total. The summed E-state index contributed by atoms with van der Waals surface area (Å²) in [5, 5.41) is 14.0. The normalized spacial score (nSPS) is 16.5. The van der Waals surface area contributed by atoms with Crippen molar-refractivity contribution < 1.29 is 9.90 Å². The highest BCUT2D eigenvalue weighted by Crippen LogP contribution is 2.36. The molecule has 1 atom stereocenters. The van der Waals surface area contributed by atoms with Crippen LogP contribution in [-0.2, 0) is 12.8 Å². The maximum absolute atomic E-state index is 12.5. The van der Waals surface area contributed by atoms with Crippen LogP contribution in [0, 0.1) is 6.92 Å². The summed E-state index contributed by atoms with van der Waals surface area (Å²) in [7, 11) is 0. The highest BCUT2D eigenvalue weighted by molar-refractivity contribution is 7.13. The molecular weight excluding hydrogens is 296 g/mol. The van der Waals surface area contributed by atoms with Gasteiger partial charge in [0.1, 0.15) is 10.6 Å². The second-order valence-electron chi connectivity index (χ2n) is 5.68. The van der Waals surface area contributed by atoms with E-state index in [4.69, 9.17) is 0 Å². The quantitative estimate of drug-likeness (QED) is 0.907. The first-order chi connectivity index (χ1) is 10.6. The van der Waals surface area contributed by atoms with Gasteiger partial charge in [0.05, 0.1) is 16.7 Å². The zero-order valence-corrected chi connectivity index (χ0v) is 13.7. The monoisotopic (exact) mass is 316 g/mol. The Balaban J connectivity index is 1.78. The van der Waals surface area contributed by atoms with Gasteiger partial charge in [-0.2, -0.15) is 0 Å². The van der Waals surface area contributed by atoms with Crippen LogP contribution in [0.3, 0.4) is 0 Å². The summed E-state index contributed by atoms with van der Waals surface area (Å²) < 4.78 is 0. The van der Waals surface area contributed by atoms with E-state index in [1.807, 2.05) is 19.1 Å². The van der Waals surface area contributed by atoms with E-state index in [1.54, 1.807) is 6.07 Å². The van der Waals surface area contributed by atoms with Gasteiger partial charge in [0, 0.05) is 0 Å². The fourth-order valence-electron chi connectivity index (χ4n) is 2.99. The lowest BCUT2D eigenvalue weighted by molar-refractivity contribution is 0.0940. The highest BCUT2D eigenvalue weighted by atomic mass is 32.1. The second-order valence-corrected chi connectivity index (χ2v) is 6.77. The lowest BCUT2D eigenvalue weighted by Gasteiger charge is -2.13.